The molecule has 1 aliphatic carbocycles. The van der Waals surface area contributed by atoms with Gasteiger partial charge in [0.15, 0.2) is 0 Å². The van der Waals surface area contributed by atoms with Crippen molar-refractivity contribution in [3.05, 3.63) is 18.5 Å². The van der Waals surface area contributed by atoms with Crippen LogP contribution < -0.4 is 11.1 Å². The molecule has 1 aromatic heterocycles. The van der Waals surface area contributed by atoms with E-state index in [0.29, 0.717) is 0 Å². The molecule has 0 aromatic carbocycles. The maximum absolute atomic E-state index is 5.79. The highest BCUT2D eigenvalue weighted by molar-refractivity contribution is 5.64. The predicted octanol–water partition coefficient (Wildman–Crippen LogP) is 2.12. The molecule has 1 saturated carbocycles. The first-order valence-corrected chi connectivity index (χ1v) is 5.19. The number of nitrogens with two attached hydrogens (primary N) is 1. The Kier molecular flexibility index (Phi) is 2.57. The summed E-state index contributed by atoms with van der Waals surface area (Å²) in [5.74, 6) is 1.73. The van der Waals surface area contributed by atoms with Crippen LogP contribution in [0.3, 0.4) is 0 Å². The lowest BCUT2D eigenvalue weighted by Gasteiger charge is -2.33. The average Bonchev–Trinajstić information content (AvgIpc) is 2.13. The molecule has 3 nitrogen and oxygen atoms in total. The smallest absolute Gasteiger partial charge is 0.0760 e. The van der Waals surface area contributed by atoms with Crippen LogP contribution >= 0.6 is 0 Å². The van der Waals surface area contributed by atoms with Crippen LogP contribution in [0.25, 0.3) is 0 Å². The van der Waals surface area contributed by atoms with Gasteiger partial charge in [-0.25, -0.2) is 0 Å². The Morgan fingerprint density at radius 1 is 1.57 bits per heavy atom. The molecular formula is C11H17N3. The fourth-order valence-corrected chi connectivity index (χ4v) is 2.04. The maximum atomic E-state index is 5.79. The highest BCUT2D eigenvalue weighted by Gasteiger charge is 2.24. The van der Waals surface area contributed by atoms with Gasteiger partial charge in [-0.1, -0.05) is 6.92 Å². The van der Waals surface area contributed by atoms with Gasteiger partial charge in [0.25, 0.3) is 0 Å². The molecule has 0 aliphatic heterocycles. The third-order valence-corrected chi connectivity index (χ3v) is 2.91. The summed E-state index contributed by atoms with van der Waals surface area (Å²) in [6, 6.07) is 1.83. The van der Waals surface area contributed by atoms with E-state index >= 15 is 0 Å². The van der Waals surface area contributed by atoms with E-state index in [4.69, 9.17) is 5.73 Å². The number of hydrogen-bond acceptors (Lipinski definition) is 3. The number of pyridine rings is 1. The van der Waals surface area contributed by atoms with E-state index in [0.717, 1.165) is 29.8 Å². The SMILES string of the molecule is CC1CC(CNc2cnccc2N)C1. The Bertz CT molecular complexity index is 305. The lowest BCUT2D eigenvalue weighted by Crippen LogP contribution is -2.27. The normalized spacial score (nSPS) is 25.5. The maximum Gasteiger partial charge on any atom is 0.0760 e. The van der Waals surface area contributed by atoms with Gasteiger partial charge >= 0.3 is 0 Å². The number of anilines is 2. The van der Waals surface area contributed by atoms with E-state index < -0.39 is 0 Å². The standard InChI is InChI=1S/C11H17N3/c1-8-4-9(5-8)6-14-11-7-13-3-2-10(11)12/h2-3,7-9,14H,4-6H2,1H3,(H2,12,13). The highest BCUT2D eigenvalue weighted by Crippen LogP contribution is 2.33. The number of aromatic nitrogens is 1. The van der Waals surface area contributed by atoms with Crippen LogP contribution in [0.2, 0.25) is 0 Å². The van der Waals surface area contributed by atoms with Crippen molar-refractivity contribution < 1.29 is 0 Å². The minimum Gasteiger partial charge on any atom is -0.397 e. The predicted molar refractivity (Wildman–Crippen MR) is 59.0 cm³/mol. The number of hydrogen-bond donors (Lipinski definition) is 2. The lowest BCUT2D eigenvalue weighted by atomic mass is 9.76. The van der Waals surface area contributed by atoms with Crippen LogP contribution in [0, 0.1) is 11.8 Å². The second kappa shape index (κ2) is 3.86. The minimum atomic E-state index is 0.785. The molecule has 0 atom stereocenters. The minimum absolute atomic E-state index is 0.785. The Labute approximate surface area is 84.7 Å². The van der Waals surface area contributed by atoms with Gasteiger partial charge in [0.2, 0.25) is 0 Å². The first kappa shape index (κ1) is 9.31. The number of nitrogens with zero attached hydrogens (tertiary/aromatic N) is 1. The first-order valence-electron chi connectivity index (χ1n) is 5.19. The van der Waals surface area contributed by atoms with E-state index in [9.17, 15) is 0 Å². The summed E-state index contributed by atoms with van der Waals surface area (Å²) in [6.07, 6.45) is 6.18. The molecule has 0 spiro atoms. The quantitative estimate of drug-likeness (QED) is 0.769. The van der Waals surface area contributed by atoms with E-state index in [2.05, 4.69) is 17.2 Å². The van der Waals surface area contributed by atoms with Crippen molar-refractivity contribution in [3.63, 3.8) is 0 Å². The van der Waals surface area contributed by atoms with Crippen LogP contribution in [0.5, 0.6) is 0 Å². The Hall–Kier alpha value is -1.25. The summed E-state index contributed by atoms with van der Waals surface area (Å²) >= 11 is 0. The molecule has 0 bridgehead atoms. The molecule has 1 heterocycles. The lowest BCUT2D eigenvalue weighted by molar-refractivity contribution is 0.225. The number of rotatable bonds is 3. The second-order valence-electron chi connectivity index (χ2n) is 4.29. The molecule has 1 aliphatic rings. The van der Waals surface area contributed by atoms with E-state index in [1.54, 1.807) is 12.4 Å². The molecule has 0 saturated heterocycles. The van der Waals surface area contributed by atoms with Crippen molar-refractivity contribution in [2.45, 2.75) is 19.8 Å². The molecule has 1 fully saturated rings. The molecule has 3 heteroatoms. The van der Waals surface area contributed by atoms with Crippen molar-refractivity contribution in [1.29, 1.82) is 0 Å². The molecule has 2 rings (SSSR count). The van der Waals surface area contributed by atoms with Crippen molar-refractivity contribution in [3.8, 4) is 0 Å². The number of nitrogen functional groups attached to an aromatic ring is 1. The average molecular weight is 191 g/mol. The third kappa shape index (κ3) is 1.97. The van der Waals surface area contributed by atoms with Crippen LogP contribution in [-0.2, 0) is 0 Å². The van der Waals surface area contributed by atoms with Gasteiger partial charge in [0.05, 0.1) is 17.6 Å². The van der Waals surface area contributed by atoms with Gasteiger partial charge < -0.3 is 11.1 Å². The Balaban J connectivity index is 1.83. The molecule has 0 unspecified atom stereocenters. The zero-order valence-electron chi connectivity index (χ0n) is 8.53. The van der Waals surface area contributed by atoms with Crippen LogP contribution in [0.4, 0.5) is 11.4 Å². The molecule has 3 N–H and O–H groups in total. The fraction of sp³-hybridized carbons (Fsp3) is 0.545. The largest absolute Gasteiger partial charge is 0.397 e. The van der Waals surface area contributed by atoms with Gasteiger partial charge in [-0.2, -0.15) is 0 Å². The van der Waals surface area contributed by atoms with Crippen molar-refractivity contribution in [2.75, 3.05) is 17.6 Å². The van der Waals surface area contributed by atoms with Crippen LogP contribution in [-0.4, -0.2) is 11.5 Å². The summed E-state index contributed by atoms with van der Waals surface area (Å²) in [5.41, 5.74) is 7.54. The van der Waals surface area contributed by atoms with Crippen LogP contribution in [0.15, 0.2) is 18.5 Å². The Morgan fingerprint density at radius 2 is 2.36 bits per heavy atom. The highest BCUT2D eigenvalue weighted by atomic mass is 14.9. The first-order chi connectivity index (χ1) is 6.75. The van der Waals surface area contributed by atoms with Gasteiger partial charge in [-0.05, 0) is 30.7 Å². The van der Waals surface area contributed by atoms with Gasteiger partial charge in [-0.3, -0.25) is 4.98 Å². The van der Waals surface area contributed by atoms with Gasteiger partial charge in [0, 0.05) is 12.7 Å². The second-order valence-corrected chi connectivity index (χ2v) is 4.29. The van der Waals surface area contributed by atoms with Crippen LogP contribution in [0.1, 0.15) is 19.8 Å². The molecule has 14 heavy (non-hydrogen) atoms. The molecule has 0 radical (unpaired) electrons. The summed E-state index contributed by atoms with van der Waals surface area (Å²) < 4.78 is 0. The van der Waals surface area contributed by atoms with Crippen molar-refractivity contribution in [1.82, 2.24) is 4.98 Å². The molecule has 76 valence electrons. The monoisotopic (exact) mass is 191 g/mol. The molecular weight excluding hydrogens is 174 g/mol. The zero-order valence-corrected chi connectivity index (χ0v) is 8.53. The topological polar surface area (TPSA) is 50.9 Å². The van der Waals surface area contributed by atoms with E-state index in [1.165, 1.54) is 12.8 Å². The van der Waals surface area contributed by atoms with Gasteiger partial charge in [0.1, 0.15) is 0 Å². The Morgan fingerprint density at radius 3 is 3.00 bits per heavy atom. The summed E-state index contributed by atoms with van der Waals surface area (Å²) in [6.45, 7) is 3.33. The van der Waals surface area contributed by atoms with Gasteiger partial charge in [-0.15, -0.1) is 0 Å². The molecule has 1 aromatic rings. The third-order valence-electron chi connectivity index (χ3n) is 2.91. The summed E-state index contributed by atoms with van der Waals surface area (Å²) in [4.78, 5) is 4.04. The van der Waals surface area contributed by atoms with E-state index in [-0.39, 0.29) is 0 Å². The fourth-order valence-electron chi connectivity index (χ4n) is 2.04. The van der Waals surface area contributed by atoms with Crippen molar-refractivity contribution >= 4 is 11.4 Å². The van der Waals surface area contributed by atoms with E-state index in [1.807, 2.05) is 6.07 Å². The number of nitrogens with one attached hydrogen (secondary N) is 1. The summed E-state index contributed by atoms with van der Waals surface area (Å²) in [7, 11) is 0. The van der Waals surface area contributed by atoms with Crippen molar-refractivity contribution in [2.24, 2.45) is 11.8 Å². The molecule has 0 amide bonds. The zero-order chi connectivity index (χ0) is 9.97. The summed E-state index contributed by atoms with van der Waals surface area (Å²) in [5, 5.41) is 3.35.